The van der Waals surface area contributed by atoms with Crippen molar-refractivity contribution in [3.8, 4) is 5.69 Å². The van der Waals surface area contributed by atoms with E-state index >= 15 is 0 Å². The summed E-state index contributed by atoms with van der Waals surface area (Å²) in [5, 5.41) is 19.8. The summed E-state index contributed by atoms with van der Waals surface area (Å²) in [6.45, 7) is 10.2. The maximum Gasteiger partial charge on any atom is 0.224 e. The fourth-order valence-electron chi connectivity index (χ4n) is 3.87. The van der Waals surface area contributed by atoms with E-state index in [9.17, 15) is 4.79 Å². The van der Waals surface area contributed by atoms with Crippen molar-refractivity contribution in [2.75, 3.05) is 5.32 Å². The SMILES string of the molecule is Cc1nc2c(cnn2C(C)C)c(C)c1CCC(=O)Nc1cccc(-n2cnnn2)c1C. The van der Waals surface area contributed by atoms with Gasteiger partial charge in [0.2, 0.25) is 5.91 Å². The van der Waals surface area contributed by atoms with Gasteiger partial charge in [-0.3, -0.25) is 4.79 Å². The molecule has 3 heterocycles. The molecular weight excluding hydrogens is 392 g/mol. The third-order valence-corrected chi connectivity index (χ3v) is 5.60. The standard InChI is InChI=1S/C22H26N8O/c1-13(2)30-22-18(11-24-30)14(3)17(16(5)25-22)9-10-21(31)26-19-7-6-8-20(15(19)4)29-12-23-27-28-29/h6-8,11-13H,9-10H2,1-5H3,(H,26,31). The van der Waals surface area contributed by atoms with Gasteiger partial charge in [0, 0.05) is 29.2 Å². The quantitative estimate of drug-likeness (QED) is 0.514. The number of benzene rings is 1. The highest BCUT2D eigenvalue weighted by atomic mass is 16.1. The minimum atomic E-state index is -0.0475. The van der Waals surface area contributed by atoms with Gasteiger partial charge in [0.05, 0.1) is 11.9 Å². The van der Waals surface area contributed by atoms with Crippen LogP contribution in [0, 0.1) is 20.8 Å². The van der Waals surface area contributed by atoms with Gasteiger partial charge >= 0.3 is 0 Å². The van der Waals surface area contributed by atoms with Crippen molar-refractivity contribution in [2.24, 2.45) is 0 Å². The van der Waals surface area contributed by atoms with Crippen LogP contribution in [-0.4, -0.2) is 40.9 Å². The number of hydrogen-bond donors (Lipinski definition) is 1. The summed E-state index contributed by atoms with van der Waals surface area (Å²) in [6, 6.07) is 5.91. The maximum absolute atomic E-state index is 12.7. The number of anilines is 1. The summed E-state index contributed by atoms with van der Waals surface area (Å²) in [4.78, 5) is 17.5. The minimum absolute atomic E-state index is 0.0475. The fraction of sp³-hybridized carbons (Fsp3) is 0.364. The minimum Gasteiger partial charge on any atom is -0.326 e. The number of carbonyl (C=O) groups is 1. The number of amides is 1. The zero-order valence-corrected chi connectivity index (χ0v) is 18.4. The Morgan fingerprint density at radius 2 is 1.97 bits per heavy atom. The third-order valence-electron chi connectivity index (χ3n) is 5.60. The van der Waals surface area contributed by atoms with E-state index in [4.69, 9.17) is 4.98 Å². The van der Waals surface area contributed by atoms with Crippen molar-refractivity contribution in [1.82, 2.24) is 35.0 Å². The fourth-order valence-corrected chi connectivity index (χ4v) is 3.87. The largest absolute Gasteiger partial charge is 0.326 e. The second kappa shape index (κ2) is 8.25. The lowest BCUT2D eigenvalue weighted by Crippen LogP contribution is -2.15. The number of carbonyl (C=O) groups excluding carboxylic acids is 1. The van der Waals surface area contributed by atoms with Crippen LogP contribution in [0.15, 0.2) is 30.7 Å². The van der Waals surface area contributed by atoms with Crippen LogP contribution in [0.2, 0.25) is 0 Å². The van der Waals surface area contributed by atoms with Gasteiger partial charge in [-0.2, -0.15) is 5.10 Å². The zero-order valence-electron chi connectivity index (χ0n) is 18.4. The summed E-state index contributed by atoms with van der Waals surface area (Å²) in [7, 11) is 0. The molecule has 31 heavy (non-hydrogen) atoms. The number of tetrazole rings is 1. The summed E-state index contributed by atoms with van der Waals surface area (Å²) in [5.41, 5.74) is 6.55. The topological polar surface area (TPSA) is 103 Å². The van der Waals surface area contributed by atoms with Crippen molar-refractivity contribution >= 4 is 22.6 Å². The lowest BCUT2D eigenvalue weighted by atomic mass is 10.00. The monoisotopic (exact) mass is 418 g/mol. The Hall–Kier alpha value is -3.62. The number of aryl methyl sites for hydroxylation is 2. The van der Waals surface area contributed by atoms with E-state index in [0.717, 1.165) is 44.8 Å². The molecule has 0 radical (unpaired) electrons. The molecule has 1 amide bonds. The molecule has 4 rings (SSSR count). The molecule has 1 N–H and O–H groups in total. The first-order valence-electron chi connectivity index (χ1n) is 10.3. The zero-order chi connectivity index (χ0) is 22.1. The Labute approximate surface area is 180 Å². The summed E-state index contributed by atoms with van der Waals surface area (Å²) in [6.07, 6.45) is 4.38. The Bertz CT molecular complexity index is 1240. The van der Waals surface area contributed by atoms with Gasteiger partial charge < -0.3 is 5.32 Å². The average Bonchev–Trinajstić information content (AvgIpc) is 3.39. The molecule has 0 spiro atoms. The van der Waals surface area contributed by atoms with Crippen molar-refractivity contribution in [3.63, 3.8) is 0 Å². The maximum atomic E-state index is 12.7. The molecule has 0 aliphatic carbocycles. The number of pyridine rings is 1. The highest BCUT2D eigenvalue weighted by Gasteiger charge is 2.16. The summed E-state index contributed by atoms with van der Waals surface area (Å²) in [5.74, 6) is -0.0475. The first-order valence-corrected chi connectivity index (χ1v) is 10.3. The molecule has 0 bridgehead atoms. The Morgan fingerprint density at radius 3 is 2.68 bits per heavy atom. The van der Waals surface area contributed by atoms with Crippen LogP contribution in [-0.2, 0) is 11.2 Å². The lowest BCUT2D eigenvalue weighted by Gasteiger charge is -2.14. The number of fused-ring (bicyclic) bond motifs is 1. The lowest BCUT2D eigenvalue weighted by molar-refractivity contribution is -0.116. The molecule has 3 aromatic heterocycles. The summed E-state index contributed by atoms with van der Waals surface area (Å²) >= 11 is 0. The number of nitrogens with one attached hydrogen (secondary N) is 1. The van der Waals surface area contributed by atoms with E-state index < -0.39 is 0 Å². The van der Waals surface area contributed by atoms with E-state index in [1.54, 1.807) is 4.68 Å². The summed E-state index contributed by atoms with van der Waals surface area (Å²) < 4.78 is 3.52. The van der Waals surface area contributed by atoms with E-state index in [1.165, 1.54) is 6.33 Å². The smallest absolute Gasteiger partial charge is 0.224 e. The van der Waals surface area contributed by atoms with Gasteiger partial charge in [-0.05, 0) is 80.3 Å². The van der Waals surface area contributed by atoms with Gasteiger partial charge in [-0.1, -0.05) is 6.07 Å². The second-order valence-corrected chi connectivity index (χ2v) is 7.97. The second-order valence-electron chi connectivity index (χ2n) is 7.97. The van der Waals surface area contributed by atoms with Crippen molar-refractivity contribution in [2.45, 2.75) is 53.5 Å². The van der Waals surface area contributed by atoms with Crippen molar-refractivity contribution in [3.05, 3.63) is 53.1 Å². The number of rotatable bonds is 6. The number of hydrogen-bond acceptors (Lipinski definition) is 6. The van der Waals surface area contributed by atoms with Gasteiger partial charge in [0.25, 0.3) is 0 Å². The van der Waals surface area contributed by atoms with Crippen LogP contribution in [0.5, 0.6) is 0 Å². The molecule has 0 aliphatic rings. The van der Waals surface area contributed by atoms with Crippen LogP contribution in [0.1, 0.15) is 48.7 Å². The van der Waals surface area contributed by atoms with E-state index in [0.29, 0.717) is 12.8 Å². The number of nitrogens with zero attached hydrogens (tertiary/aromatic N) is 7. The van der Waals surface area contributed by atoms with Crippen LogP contribution in [0.3, 0.4) is 0 Å². The molecule has 0 aliphatic heterocycles. The Kier molecular flexibility index (Phi) is 5.50. The molecular formula is C22H26N8O. The molecule has 160 valence electrons. The number of aromatic nitrogens is 7. The first-order chi connectivity index (χ1) is 14.9. The molecule has 0 saturated carbocycles. The van der Waals surface area contributed by atoms with Crippen LogP contribution in [0.25, 0.3) is 16.7 Å². The van der Waals surface area contributed by atoms with Crippen LogP contribution in [0.4, 0.5) is 5.69 Å². The molecule has 9 nitrogen and oxygen atoms in total. The Morgan fingerprint density at radius 1 is 1.16 bits per heavy atom. The van der Waals surface area contributed by atoms with Crippen molar-refractivity contribution in [1.29, 1.82) is 0 Å². The molecule has 0 unspecified atom stereocenters. The van der Waals surface area contributed by atoms with Gasteiger partial charge in [-0.15, -0.1) is 5.10 Å². The Balaban J connectivity index is 1.51. The van der Waals surface area contributed by atoms with Gasteiger partial charge in [0.1, 0.15) is 6.33 Å². The highest BCUT2D eigenvalue weighted by Crippen LogP contribution is 2.26. The predicted molar refractivity (Wildman–Crippen MR) is 118 cm³/mol. The first kappa shape index (κ1) is 20.6. The average molecular weight is 419 g/mol. The molecule has 0 atom stereocenters. The normalized spacial score (nSPS) is 11.4. The van der Waals surface area contributed by atoms with Gasteiger partial charge in [-0.25, -0.2) is 14.3 Å². The third kappa shape index (κ3) is 3.90. The predicted octanol–water partition coefficient (Wildman–Crippen LogP) is 3.48. The highest BCUT2D eigenvalue weighted by molar-refractivity contribution is 5.92. The molecule has 4 aromatic rings. The molecule has 0 saturated heterocycles. The molecule has 9 heteroatoms. The molecule has 1 aromatic carbocycles. The van der Waals surface area contributed by atoms with E-state index in [2.05, 4.69) is 46.7 Å². The van der Waals surface area contributed by atoms with Gasteiger partial charge in [0.15, 0.2) is 5.65 Å². The van der Waals surface area contributed by atoms with Crippen molar-refractivity contribution < 1.29 is 4.79 Å². The molecule has 0 fully saturated rings. The van der Waals surface area contributed by atoms with Crippen LogP contribution >= 0.6 is 0 Å². The van der Waals surface area contributed by atoms with E-state index in [1.807, 2.05) is 42.9 Å². The van der Waals surface area contributed by atoms with Crippen LogP contribution < -0.4 is 5.32 Å². The van der Waals surface area contributed by atoms with E-state index in [-0.39, 0.29) is 11.9 Å².